The van der Waals surface area contributed by atoms with Gasteiger partial charge in [-0.25, -0.2) is 0 Å². The zero-order chi connectivity index (χ0) is 4.00. The third-order valence-corrected chi connectivity index (χ3v) is 0. The van der Waals surface area contributed by atoms with Gasteiger partial charge >= 0.3 is 0 Å². The summed E-state index contributed by atoms with van der Waals surface area (Å²) in [5.74, 6) is 0. The van der Waals surface area contributed by atoms with Gasteiger partial charge in [0.25, 0.3) is 0 Å². The number of rotatable bonds is 0. The van der Waals surface area contributed by atoms with Gasteiger partial charge < -0.3 is 5.73 Å². The van der Waals surface area contributed by atoms with Gasteiger partial charge in [-0.05, 0) is 17.2 Å². The van der Waals surface area contributed by atoms with Crippen LogP contribution in [0.1, 0.15) is 0 Å². The molecule has 0 saturated carbocycles. The van der Waals surface area contributed by atoms with Crippen LogP contribution in [0.3, 0.4) is 0 Å². The van der Waals surface area contributed by atoms with E-state index in [0.29, 0.717) is 0 Å². The molecule has 0 atom stereocenters. The quantitative estimate of drug-likeness (QED) is 0.639. The van der Waals surface area contributed by atoms with Crippen molar-refractivity contribution >= 4 is 52.4 Å². The molecular weight excluding hydrogens is 349 g/mol. The van der Waals surface area contributed by atoms with Crippen molar-refractivity contribution in [2.24, 2.45) is 5.73 Å². The topological polar surface area (TPSA) is 26.0 Å². The van der Waals surface area contributed by atoms with Crippen molar-refractivity contribution in [2.45, 2.75) is 0 Å². The van der Waals surface area contributed by atoms with Crippen LogP contribution in [0, 0.1) is 0 Å². The Balaban J connectivity index is -0.0000000133. The maximum Gasteiger partial charge on any atom is 0.0341 e. The van der Waals surface area contributed by atoms with Gasteiger partial charge in [0.05, 0.1) is 0 Å². The number of hydrogen-bond donors (Lipinski definition) is 1. The summed E-state index contributed by atoms with van der Waals surface area (Å²) < 4.78 is 0. The fourth-order valence-electron chi connectivity index (χ4n) is 0. The van der Waals surface area contributed by atoms with Crippen LogP contribution in [0.25, 0.3) is 0 Å². The summed E-state index contributed by atoms with van der Waals surface area (Å²) in [4.78, 5) is 0. The molecule has 0 fully saturated rings. The molecule has 2 N–H and O–H groups in total. The first-order chi connectivity index (χ1) is 2.00. The van der Waals surface area contributed by atoms with Crippen molar-refractivity contribution in [1.29, 1.82) is 0 Å². The average Bonchev–Trinajstić information content (AvgIpc) is 1.50. The molecular formula is CH5BrClNPb. The molecule has 32 valence electrons. The molecule has 5 heavy (non-hydrogen) atoms. The summed E-state index contributed by atoms with van der Waals surface area (Å²) in [5, 5.41) is 0. The van der Waals surface area contributed by atoms with Crippen molar-refractivity contribution in [2.75, 3.05) is 7.05 Å². The molecule has 4 heteroatoms. The number of nitrogens with two attached hydrogens (primary N) is 1. The van der Waals surface area contributed by atoms with E-state index in [-0.39, 0.29) is 27.3 Å². The molecule has 0 amide bonds. The minimum absolute atomic E-state index is 0. The van der Waals surface area contributed by atoms with Crippen LogP contribution in [0.15, 0.2) is 0 Å². The molecule has 4 radical (unpaired) electrons. The van der Waals surface area contributed by atoms with Gasteiger partial charge in [0.1, 0.15) is 0 Å². The number of hydrogen-bond acceptors (Lipinski definition) is 1. The normalized spacial score (nSPS) is 2.40. The molecule has 0 aromatic carbocycles. The molecule has 0 rings (SSSR count). The summed E-state index contributed by atoms with van der Waals surface area (Å²) in [6.07, 6.45) is 0. The van der Waals surface area contributed by atoms with Crippen LogP contribution in [-0.2, 0) is 0 Å². The van der Waals surface area contributed by atoms with E-state index in [4.69, 9.17) is 0 Å². The first-order valence-electron chi connectivity index (χ1n) is 0.720. The van der Waals surface area contributed by atoms with Gasteiger partial charge in [-0.15, -0.1) is 0 Å². The van der Waals surface area contributed by atoms with E-state index in [9.17, 15) is 0 Å². The second kappa shape index (κ2) is 44.8. The van der Waals surface area contributed by atoms with E-state index in [1.165, 1.54) is 7.05 Å². The maximum atomic E-state index is 4.50. The summed E-state index contributed by atoms with van der Waals surface area (Å²) >= 11 is 2.41. The summed E-state index contributed by atoms with van der Waals surface area (Å²) in [6.45, 7) is 0. The van der Waals surface area contributed by atoms with Crippen LogP contribution in [0.5, 0.6) is 0 Å². The van der Waals surface area contributed by atoms with Crippen molar-refractivity contribution in [1.82, 2.24) is 0 Å². The Hall–Kier alpha value is 1.65. The average molecular weight is 354 g/mol. The van der Waals surface area contributed by atoms with Crippen LogP contribution >= 0.6 is 25.1 Å². The summed E-state index contributed by atoms with van der Waals surface area (Å²) in [6, 6.07) is 0. The van der Waals surface area contributed by atoms with Gasteiger partial charge in [-0.1, -0.05) is 0 Å². The van der Waals surface area contributed by atoms with E-state index in [1.807, 2.05) is 0 Å². The van der Waals surface area contributed by atoms with Crippen molar-refractivity contribution in [3.63, 3.8) is 0 Å². The first-order valence-corrected chi connectivity index (χ1v) is 2.80. The van der Waals surface area contributed by atoms with Gasteiger partial charge in [0.2, 0.25) is 0 Å². The van der Waals surface area contributed by atoms with Crippen LogP contribution in [0.4, 0.5) is 0 Å². The molecule has 0 heterocycles. The van der Waals surface area contributed by atoms with E-state index >= 15 is 0 Å². The smallest absolute Gasteiger partial charge is 0.0341 e. The molecule has 0 aromatic rings. The van der Waals surface area contributed by atoms with Crippen LogP contribution in [-0.4, -0.2) is 34.3 Å². The predicted octanol–water partition coefficient (Wildman–Crippen LogP) is 0.729. The van der Waals surface area contributed by atoms with E-state index < -0.39 is 0 Å². The Labute approximate surface area is 64.8 Å². The second-order valence-corrected chi connectivity index (χ2v) is 0. The molecule has 0 aliphatic heterocycles. The van der Waals surface area contributed by atoms with Crippen molar-refractivity contribution in [3.8, 4) is 0 Å². The molecule has 0 aliphatic rings. The van der Waals surface area contributed by atoms with Crippen molar-refractivity contribution < 1.29 is 0 Å². The van der Waals surface area contributed by atoms with Gasteiger partial charge in [-0.3, -0.25) is 0 Å². The third kappa shape index (κ3) is 27.6. The largest absolute Gasteiger partial charge is 0.333 e. The molecule has 0 bridgehead atoms. The summed E-state index contributed by atoms with van der Waals surface area (Å²) in [7, 11) is 5.95. The molecule has 0 unspecified atom stereocenters. The Bertz CT molecular complexity index is 11.6. The molecule has 1 nitrogen and oxygen atoms in total. The Morgan fingerprint density at radius 2 is 1.40 bits per heavy atom. The Morgan fingerprint density at radius 1 is 1.40 bits per heavy atom. The second-order valence-electron chi connectivity index (χ2n) is 0. The predicted molar refractivity (Wildman–Crippen MR) is 30.6 cm³/mol. The van der Waals surface area contributed by atoms with E-state index in [1.54, 1.807) is 0 Å². The van der Waals surface area contributed by atoms with Crippen LogP contribution in [0.2, 0.25) is 0 Å². The Kier molecular flexibility index (Phi) is 143. The minimum atomic E-state index is 0. The number of halogens is 2. The molecule has 0 aromatic heterocycles. The monoisotopic (exact) mass is 353 g/mol. The molecule has 0 saturated heterocycles. The SMILES string of the molecule is CN.ClBr.[Pb]. The fraction of sp³-hybridized carbons (Fsp3) is 1.00. The summed E-state index contributed by atoms with van der Waals surface area (Å²) in [5.41, 5.74) is 4.50. The van der Waals surface area contributed by atoms with Gasteiger partial charge in [0.15, 0.2) is 0 Å². The van der Waals surface area contributed by atoms with Gasteiger partial charge in [0, 0.05) is 42.3 Å². The molecule has 0 spiro atoms. The van der Waals surface area contributed by atoms with Gasteiger partial charge in [-0.2, -0.15) is 0 Å². The van der Waals surface area contributed by atoms with Crippen molar-refractivity contribution in [3.05, 3.63) is 0 Å². The standard InChI is InChI=1S/CH5N.BrCl.Pb/c2*1-2;/h2H2,1H3;;. The minimum Gasteiger partial charge on any atom is -0.333 e. The van der Waals surface area contributed by atoms with E-state index in [2.05, 4.69) is 30.9 Å². The third-order valence-electron chi connectivity index (χ3n) is 0. The maximum absolute atomic E-state index is 4.50. The van der Waals surface area contributed by atoms with Crippen LogP contribution < -0.4 is 5.73 Å². The zero-order valence-electron chi connectivity index (χ0n) is 2.83. The molecule has 0 aliphatic carbocycles. The first kappa shape index (κ1) is 15.9. The zero-order valence-corrected chi connectivity index (χ0v) is 9.06. The fourth-order valence-corrected chi connectivity index (χ4v) is 0. The van der Waals surface area contributed by atoms with E-state index in [0.717, 1.165) is 0 Å². The Morgan fingerprint density at radius 3 is 1.40 bits per heavy atom.